The van der Waals surface area contributed by atoms with Crippen LogP contribution < -0.4 is 5.73 Å². The molecule has 0 unspecified atom stereocenters. The zero-order valence-electron chi connectivity index (χ0n) is 10.6. The first-order valence-electron chi connectivity index (χ1n) is 5.90. The number of nitrogen functional groups attached to an aromatic ring is 1. The molecule has 0 spiro atoms. The molecule has 0 atom stereocenters. The highest BCUT2D eigenvalue weighted by Gasteiger charge is 2.22. The summed E-state index contributed by atoms with van der Waals surface area (Å²) in [6, 6.07) is 8.24. The number of nitrogens with two attached hydrogens (primary N) is 1. The normalized spacial score (nSPS) is 10.9. The van der Waals surface area contributed by atoms with E-state index in [0.717, 1.165) is 0 Å². The fourth-order valence-corrected chi connectivity index (χ4v) is 2.26. The second kappa shape index (κ2) is 4.68. The number of anilines is 1. The number of halogens is 2. The van der Waals surface area contributed by atoms with Crippen molar-refractivity contribution in [3.63, 3.8) is 0 Å². The van der Waals surface area contributed by atoms with E-state index in [-0.39, 0.29) is 5.02 Å². The van der Waals surface area contributed by atoms with Gasteiger partial charge in [-0.05, 0) is 18.2 Å². The van der Waals surface area contributed by atoms with Crippen LogP contribution in [0.4, 0.5) is 10.2 Å². The number of hydrogen-bond acceptors (Lipinski definition) is 3. The summed E-state index contributed by atoms with van der Waals surface area (Å²) in [6.07, 6.45) is 1.53. The second-order valence-corrected chi connectivity index (χ2v) is 4.72. The molecule has 0 amide bonds. The maximum atomic E-state index is 14.2. The molecule has 2 N–H and O–H groups in total. The first kappa shape index (κ1) is 12.7. The molecule has 2 aromatic heterocycles. The van der Waals surface area contributed by atoms with Crippen LogP contribution in [-0.2, 0) is 7.05 Å². The summed E-state index contributed by atoms with van der Waals surface area (Å²) < 4.78 is 21.1. The first-order chi connectivity index (χ1) is 9.59. The van der Waals surface area contributed by atoms with Crippen molar-refractivity contribution < 1.29 is 8.81 Å². The van der Waals surface area contributed by atoms with E-state index in [4.69, 9.17) is 21.8 Å². The van der Waals surface area contributed by atoms with Crippen molar-refractivity contribution in [3.8, 4) is 22.6 Å². The minimum atomic E-state index is -0.526. The second-order valence-electron chi connectivity index (χ2n) is 4.31. The number of aromatic nitrogens is 2. The van der Waals surface area contributed by atoms with Crippen molar-refractivity contribution in [2.45, 2.75) is 0 Å². The monoisotopic (exact) mass is 291 g/mol. The molecule has 6 heteroatoms. The van der Waals surface area contributed by atoms with Crippen LogP contribution in [-0.4, -0.2) is 9.78 Å². The summed E-state index contributed by atoms with van der Waals surface area (Å²) >= 11 is 5.83. The predicted molar refractivity (Wildman–Crippen MR) is 75.7 cm³/mol. The molecular weight excluding hydrogens is 281 g/mol. The van der Waals surface area contributed by atoms with Crippen molar-refractivity contribution in [1.29, 1.82) is 0 Å². The van der Waals surface area contributed by atoms with Crippen molar-refractivity contribution >= 4 is 17.4 Å². The molecule has 102 valence electrons. The van der Waals surface area contributed by atoms with E-state index in [1.807, 2.05) is 0 Å². The van der Waals surface area contributed by atoms with Crippen LogP contribution in [0.1, 0.15) is 0 Å². The summed E-state index contributed by atoms with van der Waals surface area (Å²) in [5, 5.41) is 4.33. The quantitative estimate of drug-likeness (QED) is 0.783. The average molecular weight is 292 g/mol. The molecular formula is C14H11ClFN3O. The van der Waals surface area contributed by atoms with Crippen LogP contribution in [0.2, 0.25) is 5.02 Å². The van der Waals surface area contributed by atoms with Gasteiger partial charge in [-0.3, -0.25) is 4.68 Å². The maximum Gasteiger partial charge on any atom is 0.154 e. The van der Waals surface area contributed by atoms with Crippen molar-refractivity contribution in [3.05, 3.63) is 47.4 Å². The fraction of sp³-hybridized carbons (Fsp3) is 0.0714. The summed E-state index contributed by atoms with van der Waals surface area (Å²) in [5.41, 5.74) is 7.27. The van der Waals surface area contributed by atoms with E-state index in [2.05, 4.69) is 5.10 Å². The largest absolute Gasteiger partial charge is 0.463 e. The van der Waals surface area contributed by atoms with Crippen LogP contribution in [0.25, 0.3) is 22.6 Å². The van der Waals surface area contributed by atoms with Crippen molar-refractivity contribution in [2.75, 3.05) is 5.73 Å². The van der Waals surface area contributed by atoms with E-state index in [1.54, 1.807) is 31.3 Å². The summed E-state index contributed by atoms with van der Waals surface area (Å²) in [5.74, 6) is 0.339. The minimum absolute atomic E-state index is 0.0381. The Labute approximate surface area is 119 Å². The molecule has 0 aliphatic heterocycles. The van der Waals surface area contributed by atoms with Crippen LogP contribution >= 0.6 is 11.6 Å². The summed E-state index contributed by atoms with van der Waals surface area (Å²) in [6.45, 7) is 0. The van der Waals surface area contributed by atoms with Crippen molar-refractivity contribution in [2.24, 2.45) is 7.05 Å². The molecule has 4 nitrogen and oxygen atoms in total. The van der Waals surface area contributed by atoms with E-state index in [9.17, 15) is 4.39 Å². The Morgan fingerprint density at radius 2 is 2.10 bits per heavy atom. The molecule has 3 rings (SSSR count). The first-order valence-corrected chi connectivity index (χ1v) is 6.28. The molecule has 0 aliphatic rings. The number of rotatable bonds is 2. The molecule has 0 radical (unpaired) electrons. The summed E-state index contributed by atoms with van der Waals surface area (Å²) in [4.78, 5) is 0. The fourth-order valence-electron chi connectivity index (χ4n) is 2.09. The molecule has 1 aromatic carbocycles. The topological polar surface area (TPSA) is 57.0 Å². The van der Waals surface area contributed by atoms with E-state index in [0.29, 0.717) is 28.4 Å². The number of aryl methyl sites for hydroxylation is 1. The third-order valence-electron chi connectivity index (χ3n) is 3.07. The number of nitrogens with zero attached hydrogens (tertiary/aromatic N) is 2. The predicted octanol–water partition coefficient (Wildman–Crippen LogP) is 3.72. The van der Waals surface area contributed by atoms with Gasteiger partial charge in [0.25, 0.3) is 0 Å². The van der Waals surface area contributed by atoms with Crippen molar-refractivity contribution in [1.82, 2.24) is 9.78 Å². The Morgan fingerprint density at radius 3 is 2.80 bits per heavy atom. The van der Waals surface area contributed by atoms with Gasteiger partial charge in [-0.1, -0.05) is 23.7 Å². The highest BCUT2D eigenvalue weighted by atomic mass is 35.5. The van der Waals surface area contributed by atoms with Gasteiger partial charge in [0.05, 0.1) is 16.8 Å². The third kappa shape index (κ3) is 1.87. The zero-order chi connectivity index (χ0) is 14.3. The van der Waals surface area contributed by atoms with E-state index >= 15 is 0 Å². The lowest BCUT2D eigenvalue weighted by Gasteiger charge is -2.05. The molecule has 0 bridgehead atoms. The summed E-state index contributed by atoms with van der Waals surface area (Å²) in [7, 11) is 1.69. The number of hydrogen-bond donors (Lipinski definition) is 1. The number of benzene rings is 1. The smallest absolute Gasteiger partial charge is 0.154 e. The Hall–Kier alpha value is -2.27. The standard InChI is InChI=1S/C14H11ClFN3O/c1-19-14(17)11(8-4-2-5-9(15)12(8)16)13(18-19)10-6-3-7-20-10/h2-7H,17H2,1H3. The average Bonchev–Trinajstić information content (AvgIpc) is 3.04. The van der Waals surface area contributed by atoms with Crippen LogP contribution in [0.15, 0.2) is 41.0 Å². The molecule has 3 aromatic rings. The molecule has 0 saturated heterocycles. The van der Waals surface area contributed by atoms with Gasteiger partial charge in [0, 0.05) is 12.6 Å². The highest BCUT2D eigenvalue weighted by Crippen LogP contribution is 2.38. The van der Waals surface area contributed by atoms with Gasteiger partial charge in [0.15, 0.2) is 5.76 Å². The van der Waals surface area contributed by atoms with Gasteiger partial charge >= 0.3 is 0 Å². The van der Waals surface area contributed by atoms with Gasteiger partial charge in [-0.25, -0.2) is 4.39 Å². The minimum Gasteiger partial charge on any atom is -0.463 e. The van der Waals surface area contributed by atoms with Crippen LogP contribution in [0.3, 0.4) is 0 Å². The van der Waals surface area contributed by atoms with E-state index in [1.165, 1.54) is 17.0 Å². The maximum absolute atomic E-state index is 14.2. The van der Waals surface area contributed by atoms with Gasteiger partial charge in [0.2, 0.25) is 0 Å². The SMILES string of the molecule is Cn1nc(-c2ccco2)c(-c2cccc(Cl)c2F)c1N. The Bertz CT molecular complexity index is 765. The van der Waals surface area contributed by atoms with Gasteiger partial charge in [-0.15, -0.1) is 0 Å². The molecule has 2 heterocycles. The molecule has 20 heavy (non-hydrogen) atoms. The van der Waals surface area contributed by atoms with Gasteiger partial charge < -0.3 is 10.2 Å². The Balaban J connectivity index is 2.31. The van der Waals surface area contributed by atoms with Crippen LogP contribution in [0.5, 0.6) is 0 Å². The molecule has 0 aliphatic carbocycles. The van der Waals surface area contributed by atoms with Gasteiger partial charge in [0.1, 0.15) is 17.3 Å². The van der Waals surface area contributed by atoms with Crippen LogP contribution in [0, 0.1) is 5.82 Å². The van der Waals surface area contributed by atoms with E-state index < -0.39 is 5.82 Å². The highest BCUT2D eigenvalue weighted by molar-refractivity contribution is 6.31. The Kier molecular flexibility index (Phi) is 2.99. The zero-order valence-corrected chi connectivity index (χ0v) is 11.4. The molecule has 0 saturated carbocycles. The Morgan fingerprint density at radius 1 is 1.30 bits per heavy atom. The third-order valence-corrected chi connectivity index (χ3v) is 3.36. The van der Waals surface area contributed by atoms with Gasteiger partial charge in [-0.2, -0.15) is 5.10 Å². The lowest BCUT2D eigenvalue weighted by Crippen LogP contribution is -1.98. The molecule has 0 fully saturated rings. The lowest BCUT2D eigenvalue weighted by molar-refractivity contribution is 0.578. The number of furan rings is 1. The lowest BCUT2D eigenvalue weighted by atomic mass is 10.0.